The molecule has 0 atom stereocenters. The maximum Gasteiger partial charge on any atom is 0.308 e. The van der Waals surface area contributed by atoms with Gasteiger partial charge >= 0.3 is 5.56 Å². The van der Waals surface area contributed by atoms with E-state index in [9.17, 15) is 14.4 Å². The molecule has 10 heteroatoms. The van der Waals surface area contributed by atoms with Gasteiger partial charge in [-0.1, -0.05) is 0 Å². The van der Waals surface area contributed by atoms with Crippen LogP contribution < -0.4 is 21.2 Å². The van der Waals surface area contributed by atoms with Crippen molar-refractivity contribution in [3.05, 3.63) is 26.4 Å². The van der Waals surface area contributed by atoms with Gasteiger partial charge in [-0.3, -0.25) is 28.8 Å². The second kappa shape index (κ2) is 4.48. The number of hydrogen-bond acceptors (Lipinski definition) is 6. The van der Waals surface area contributed by atoms with Crippen molar-refractivity contribution in [3.63, 3.8) is 0 Å². The zero-order valence-corrected chi connectivity index (χ0v) is 12.4. The van der Waals surface area contributed by atoms with E-state index in [1.807, 2.05) is 0 Å². The summed E-state index contributed by atoms with van der Waals surface area (Å²) in [5.41, 5.74) is -0.882. The number of carbonyl (C=O) groups is 1. The summed E-state index contributed by atoms with van der Waals surface area (Å²) in [6.45, 7) is 0. The van der Waals surface area contributed by atoms with Gasteiger partial charge in [-0.15, -0.1) is 0 Å². The van der Waals surface area contributed by atoms with E-state index in [1.165, 1.54) is 16.6 Å². The molecule has 0 radical (unpaired) electrons. The maximum atomic E-state index is 12.2. The molecule has 3 heterocycles. The van der Waals surface area contributed by atoms with Crippen molar-refractivity contribution in [2.75, 3.05) is 19.4 Å². The molecule has 116 valence electrons. The van der Waals surface area contributed by atoms with E-state index in [-0.39, 0.29) is 34.6 Å². The highest BCUT2D eigenvalue weighted by atomic mass is 16.5. The van der Waals surface area contributed by atoms with Crippen molar-refractivity contribution in [3.8, 4) is 11.5 Å². The Morgan fingerprint density at radius 2 is 1.91 bits per heavy atom. The van der Waals surface area contributed by atoms with Gasteiger partial charge in [0.05, 0.1) is 0 Å². The Labute approximate surface area is 123 Å². The molecule has 1 aliphatic rings. The van der Waals surface area contributed by atoms with Crippen LogP contribution in [0.5, 0.6) is 11.5 Å². The Morgan fingerprint density at radius 1 is 1.23 bits per heavy atom. The van der Waals surface area contributed by atoms with E-state index in [0.29, 0.717) is 0 Å². The van der Waals surface area contributed by atoms with E-state index in [2.05, 4.69) is 15.5 Å². The van der Waals surface area contributed by atoms with E-state index in [4.69, 9.17) is 4.74 Å². The molecule has 0 aromatic carbocycles. The molecular formula is C12H14N6O4. The first-order chi connectivity index (χ1) is 10.3. The Kier molecular flexibility index (Phi) is 2.83. The van der Waals surface area contributed by atoms with Crippen LogP contribution in [0.25, 0.3) is 0 Å². The average molecular weight is 306 g/mol. The van der Waals surface area contributed by atoms with Crippen molar-refractivity contribution in [1.82, 2.24) is 24.5 Å². The normalized spacial score (nSPS) is 12.0. The second-order valence-electron chi connectivity index (χ2n) is 5.09. The van der Waals surface area contributed by atoms with Crippen LogP contribution in [0.3, 0.4) is 0 Å². The summed E-state index contributed by atoms with van der Waals surface area (Å²) in [7, 11) is 6.18. The molecule has 0 unspecified atom stereocenters. The van der Waals surface area contributed by atoms with Crippen LogP contribution in [-0.2, 0) is 14.1 Å². The van der Waals surface area contributed by atoms with Crippen LogP contribution >= 0.6 is 0 Å². The van der Waals surface area contributed by atoms with Gasteiger partial charge in [-0.25, -0.2) is 0 Å². The monoisotopic (exact) mass is 306 g/mol. The highest BCUT2D eigenvalue weighted by Gasteiger charge is 2.32. The van der Waals surface area contributed by atoms with E-state index in [0.717, 1.165) is 4.68 Å². The van der Waals surface area contributed by atoms with Gasteiger partial charge in [0, 0.05) is 28.2 Å². The fraction of sp³-hybridized carbons (Fsp3) is 0.333. The highest BCUT2D eigenvalue weighted by molar-refractivity contribution is 5.97. The number of anilines is 2. The lowest BCUT2D eigenvalue weighted by molar-refractivity contribution is 0.0814. The number of ether oxygens (including phenoxy) is 1. The molecule has 2 aromatic heterocycles. The fourth-order valence-corrected chi connectivity index (χ4v) is 2.19. The molecule has 0 aliphatic carbocycles. The summed E-state index contributed by atoms with van der Waals surface area (Å²) in [5.74, 6) is -0.187. The predicted molar refractivity (Wildman–Crippen MR) is 76.9 cm³/mol. The molecular weight excluding hydrogens is 292 g/mol. The third kappa shape index (κ3) is 1.80. The standard InChI is InChI=1S/C12H14N6O4/c1-16(2)12(21)6-8-9(14-17(6)3)13-5-7(22-8)10(19)15-18(4)11(5)20/h1-4H3,(H,13,14)(H,15,19). The number of H-pyrrole nitrogens is 1. The van der Waals surface area contributed by atoms with Gasteiger partial charge in [0.2, 0.25) is 11.5 Å². The Hall–Kier alpha value is -3.04. The van der Waals surface area contributed by atoms with E-state index >= 15 is 0 Å². The number of fused-ring (bicyclic) bond motifs is 2. The first-order valence-corrected chi connectivity index (χ1v) is 6.38. The van der Waals surface area contributed by atoms with Crippen molar-refractivity contribution in [2.24, 2.45) is 14.1 Å². The summed E-state index contributed by atoms with van der Waals surface area (Å²) >= 11 is 0. The number of nitrogens with zero attached hydrogens (tertiary/aromatic N) is 4. The molecule has 0 saturated heterocycles. The molecule has 22 heavy (non-hydrogen) atoms. The van der Waals surface area contributed by atoms with Crippen LogP contribution in [0, 0.1) is 0 Å². The molecule has 0 saturated carbocycles. The van der Waals surface area contributed by atoms with Gasteiger partial charge in [-0.2, -0.15) is 5.10 Å². The van der Waals surface area contributed by atoms with Gasteiger partial charge in [0.15, 0.2) is 17.2 Å². The number of hydrogen-bond donors (Lipinski definition) is 2. The van der Waals surface area contributed by atoms with Crippen molar-refractivity contribution in [1.29, 1.82) is 0 Å². The Balaban J connectivity index is 2.21. The number of aryl methyl sites for hydroxylation is 2. The number of amides is 1. The topological polar surface area (TPSA) is 114 Å². The van der Waals surface area contributed by atoms with Crippen LogP contribution in [0.4, 0.5) is 11.5 Å². The maximum absolute atomic E-state index is 12.2. The number of rotatable bonds is 1. The third-order valence-electron chi connectivity index (χ3n) is 3.28. The molecule has 10 nitrogen and oxygen atoms in total. The SMILES string of the molecule is CN(C)C(=O)c1c2c(nn1C)Nc1c(c(=O)[nH]n(C)c1=O)O2. The first kappa shape index (κ1) is 13.9. The zero-order chi connectivity index (χ0) is 16.2. The molecule has 1 amide bonds. The number of nitrogens with one attached hydrogen (secondary N) is 2. The lowest BCUT2D eigenvalue weighted by Crippen LogP contribution is -2.31. The smallest absolute Gasteiger partial charge is 0.308 e. The summed E-state index contributed by atoms with van der Waals surface area (Å²) < 4.78 is 7.89. The van der Waals surface area contributed by atoms with E-state index in [1.54, 1.807) is 21.1 Å². The number of carbonyl (C=O) groups excluding carboxylic acids is 1. The summed E-state index contributed by atoms with van der Waals surface area (Å²) in [6, 6.07) is 0. The quantitative estimate of drug-likeness (QED) is 0.618. The van der Waals surface area contributed by atoms with Crippen LogP contribution in [0.1, 0.15) is 10.5 Å². The van der Waals surface area contributed by atoms with Gasteiger partial charge in [0.1, 0.15) is 0 Å². The predicted octanol–water partition coefficient (Wildman–Crippen LogP) is -0.642. The zero-order valence-electron chi connectivity index (χ0n) is 12.4. The van der Waals surface area contributed by atoms with Crippen LogP contribution in [-0.4, -0.2) is 44.5 Å². The minimum Gasteiger partial charge on any atom is -0.443 e. The molecule has 1 aliphatic heterocycles. The van der Waals surface area contributed by atoms with Crippen LogP contribution in [0.15, 0.2) is 9.59 Å². The van der Waals surface area contributed by atoms with Gasteiger partial charge in [0.25, 0.3) is 11.5 Å². The lowest BCUT2D eigenvalue weighted by atomic mass is 10.3. The minimum atomic E-state index is -0.581. The summed E-state index contributed by atoms with van der Waals surface area (Å²) in [6.07, 6.45) is 0. The molecule has 2 N–H and O–H groups in total. The number of aromatic amines is 1. The Bertz CT molecular complexity index is 904. The largest absolute Gasteiger partial charge is 0.443 e. The van der Waals surface area contributed by atoms with Crippen LogP contribution in [0.2, 0.25) is 0 Å². The molecule has 3 rings (SSSR count). The molecule has 2 aromatic rings. The summed E-state index contributed by atoms with van der Waals surface area (Å²) in [5, 5.41) is 9.23. The van der Waals surface area contributed by atoms with Crippen molar-refractivity contribution >= 4 is 17.4 Å². The average Bonchev–Trinajstić information content (AvgIpc) is 2.77. The molecule has 0 fully saturated rings. The third-order valence-corrected chi connectivity index (χ3v) is 3.28. The molecule has 0 spiro atoms. The number of aromatic nitrogens is 4. The minimum absolute atomic E-state index is 0.0132. The van der Waals surface area contributed by atoms with Crippen molar-refractivity contribution in [2.45, 2.75) is 0 Å². The summed E-state index contributed by atoms with van der Waals surface area (Å²) in [4.78, 5) is 37.6. The first-order valence-electron chi connectivity index (χ1n) is 6.38. The van der Waals surface area contributed by atoms with Crippen molar-refractivity contribution < 1.29 is 9.53 Å². The van der Waals surface area contributed by atoms with E-state index < -0.39 is 11.1 Å². The lowest BCUT2D eigenvalue weighted by Gasteiger charge is -2.18. The fourth-order valence-electron chi connectivity index (χ4n) is 2.19. The second-order valence-corrected chi connectivity index (χ2v) is 5.09. The highest BCUT2D eigenvalue weighted by Crippen LogP contribution is 2.39. The Morgan fingerprint density at radius 3 is 2.55 bits per heavy atom. The van der Waals surface area contributed by atoms with Gasteiger partial charge < -0.3 is 15.0 Å². The molecule has 0 bridgehead atoms. The van der Waals surface area contributed by atoms with Gasteiger partial charge in [-0.05, 0) is 0 Å².